The normalized spacial score (nSPS) is 21.3. The number of rotatable bonds is 6. The minimum atomic E-state index is -0.224. The van der Waals surface area contributed by atoms with E-state index in [0.29, 0.717) is 32.5 Å². The Bertz CT molecular complexity index is 540. The molecular formula is C18H26N2O3. The number of aryl methyl sites for hydroxylation is 1. The number of ether oxygens (including phenoxy) is 1. The molecule has 1 saturated heterocycles. The minimum Gasteiger partial charge on any atom is -0.383 e. The van der Waals surface area contributed by atoms with Crippen molar-refractivity contribution >= 4 is 11.8 Å². The Kier molecular flexibility index (Phi) is 6.16. The van der Waals surface area contributed by atoms with Gasteiger partial charge in [0, 0.05) is 26.6 Å². The third-order valence-electron chi connectivity index (χ3n) is 4.35. The number of piperidine rings is 1. The largest absolute Gasteiger partial charge is 0.383 e. The highest BCUT2D eigenvalue weighted by Gasteiger charge is 2.40. The van der Waals surface area contributed by atoms with E-state index in [4.69, 9.17) is 4.74 Å². The fourth-order valence-electron chi connectivity index (χ4n) is 3.16. The van der Waals surface area contributed by atoms with E-state index in [9.17, 15) is 9.59 Å². The molecule has 0 unspecified atom stereocenters. The number of amides is 2. The molecule has 2 amide bonds. The maximum absolute atomic E-state index is 12.5. The molecule has 0 saturated carbocycles. The van der Waals surface area contributed by atoms with Crippen molar-refractivity contribution in [2.24, 2.45) is 5.92 Å². The Morgan fingerprint density at radius 1 is 1.35 bits per heavy atom. The highest BCUT2D eigenvalue weighted by Crippen LogP contribution is 2.36. The van der Waals surface area contributed by atoms with Crippen molar-refractivity contribution in [3.8, 4) is 0 Å². The highest BCUT2D eigenvalue weighted by atomic mass is 16.5. The molecule has 23 heavy (non-hydrogen) atoms. The van der Waals surface area contributed by atoms with Gasteiger partial charge in [0.05, 0.1) is 18.6 Å². The van der Waals surface area contributed by atoms with Crippen LogP contribution in [0.15, 0.2) is 24.3 Å². The average Bonchev–Trinajstić information content (AvgIpc) is 2.54. The zero-order valence-corrected chi connectivity index (χ0v) is 14.2. The Labute approximate surface area is 138 Å². The van der Waals surface area contributed by atoms with E-state index in [0.717, 1.165) is 11.1 Å². The van der Waals surface area contributed by atoms with E-state index >= 15 is 0 Å². The van der Waals surface area contributed by atoms with Crippen molar-refractivity contribution in [3.05, 3.63) is 35.4 Å². The predicted octanol–water partition coefficient (Wildman–Crippen LogP) is 2.06. The molecule has 5 heteroatoms. The molecule has 2 rings (SSSR count). The molecule has 0 bridgehead atoms. The van der Waals surface area contributed by atoms with E-state index in [2.05, 4.69) is 5.32 Å². The first kappa shape index (κ1) is 17.5. The third-order valence-corrected chi connectivity index (χ3v) is 4.35. The molecule has 2 atom stereocenters. The van der Waals surface area contributed by atoms with Gasteiger partial charge in [0.15, 0.2) is 0 Å². The van der Waals surface area contributed by atoms with Crippen LogP contribution in [0.5, 0.6) is 0 Å². The summed E-state index contributed by atoms with van der Waals surface area (Å²) in [4.78, 5) is 26.7. The number of benzene rings is 1. The lowest BCUT2D eigenvalue weighted by molar-refractivity contribution is -0.144. The molecule has 1 aliphatic heterocycles. The van der Waals surface area contributed by atoms with Crippen LogP contribution in [0.4, 0.5) is 0 Å². The number of hydrogen-bond acceptors (Lipinski definition) is 3. The third kappa shape index (κ3) is 4.10. The van der Waals surface area contributed by atoms with Crippen molar-refractivity contribution in [2.75, 3.05) is 26.8 Å². The fourth-order valence-corrected chi connectivity index (χ4v) is 3.16. The number of likely N-dealkylation sites (tertiary alicyclic amines) is 1. The molecule has 1 heterocycles. The van der Waals surface area contributed by atoms with E-state index in [1.54, 1.807) is 12.0 Å². The SMILES string of the molecule is CCNC(=O)[C@@H]1CCC(=O)N(CCOC)[C@@H]1c1ccc(C)cc1. The van der Waals surface area contributed by atoms with Gasteiger partial charge in [-0.25, -0.2) is 0 Å². The fraction of sp³-hybridized carbons (Fsp3) is 0.556. The summed E-state index contributed by atoms with van der Waals surface area (Å²) in [6, 6.07) is 7.86. The van der Waals surface area contributed by atoms with Crippen molar-refractivity contribution in [1.82, 2.24) is 10.2 Å². The van der Waals surface area contributed by atoms with Gasteiger partial charge < -0.3 is 15.0 Å². The van der Waals surface area contributed by atoms with Crippen LogP contribution in [0.25, 0.3) is 0 Å². The number of nitrogens with zero attached hydrogens (tertiary/aromatic N) is 1. The number of nitrogens with one attached hydrogen (secondary N) is 1. The first-order valence-electron chi connectivity index (χ1n) is 8.21. The standard InChI is InChI=1S/C18H26N2O3/c1-4-19-18(22)15-9-10-16(21)20(11-12-23-3)17(15)14-7-5-13(2)6-8-14/h5-8,15,17H,4,9-12H2,1-3H3,(H,19,22)/t15-,17-/m1/s1. The second kappa shape index (κ2) is 8.11. The van der Waals surface area contributed by atoms with Gasteiger partial charge in [0.25, 0.3) is 0 Å². The molecular weight excluding hydrogens is 292 g/mol. The predicted molar refractivity (Wildman–Crippen MR) is 88.9 cm³/mol. The van der Waals surface area contributed by atoms with Gasteiger partial charge in [-0.3, -0.25) is 9.59 Å². The van der Waals surface area contributed by atoms with Gasteiger partial charge in [-0.15, -0.1) is 0 Å². The lowest BCUT2D eigenvalue weighted by atomic mass is 9.83. The summed E-state index contributed by atoms with van der Waals surface area (Å²) >= 11 is 0. The lowest BCUT2D eigenvalue weighted by Crippen LogP contribution is -2.49. The first-order chi connectivity index (χ1) is 11.1. The summed E-state index contributed by atoms with van der Waals surface area (Å²) in [6.45, 7) is 5.51. The lowest BCUT2D eigenvalue weighted by Gasteiger charge is -2.40. The molecule has 0 spiro atoms. The van der Waals surface area contributed by atoms with Crippen LogP contribution in [0.3, 0.4) is 0 Å². The molecule has 1 aromatic carbocycles. The Hall–Kier alpha value is -1.88. The zero-order chi connectivity index (χ0) is 16.8. The van der Waals surface area contributed by atoms with Crippen LogP contribution >= 0.6 is 0 Å². The zero-order valence-electron chi connectivity index (χ0n) is 14.2. The second-order valence-electron chi connectivity index (χ2n) is 5.98. The van der Waals surface area contributed by atoms with Crippen LogP contribution in [0.2, 0.25) is 0 Å². The van der Waals surface area contributed by atoms with Crippen molar-refractivity contribution in [1.29, 1.82) is 0 Å². The molecule has 0 aliphatic carbocycles. The van der Waals surface area contributed by atoms with Gasteiger partial charge in [-0.05, 0) is 25.8 Å². The Morgan fingerprint density at radius 3 is 2.65 bits per heavy atom. The van der Waals surface area contributed by atoms with Gasteiger partial charge in [-0.1, -0.05) is 29.8 Å². The summed E-state index contributed by atoms with van der Waals surface area (Å²) < 4.78 is 5.15. The molecule has 1 aliphatic rings. The van der Waals surface area contributed by atoms with E-state index in [1.807, 2.05) is 38.1 Å². The topological polar surface area (TPSA) is 58.6 Å². The van der Waals surface area contributed by atoms with E-state index in [-0.39, 0.29) is 23.8 Å². The number of hydrogen-bond donors (Lipinski definition) is 1. The summed E-state index contributed by atoms with van der Waals surface area (Å²) in [6.07, 6.45) is 1.00. The molecule has 0 aromatic heterocycles. The van der Waals surface area contributed by atoms with Crippen molar-refractivity contribution in [3.63, 3.8) is 0 Å². The van der Waals surface area contributed by atoms with Crippen molar-refractivity contribution < 1.29 is 14.3 Å². The van der Waals surface area contributed by atoms with E-state index < -0.39 is 0 Å². The second-order valence-corrected chi connectivity index (χ2v) is 5.98. The molecule has 5 nitrogen and oxygen atoms in total. The van der Waals surface area contributed by atoms with Gasteiger partial charge in [-0.2, -0.15) is 0 Å². The van der Waals surface area contributed by atoms with Crippen LogP contribution < -0.4 is 5.32 Å². The smallest absolute Gasteiger partial charge is 0.225 e. The van der Waals surface area contributed by atoms with Crippen LogP contribution in [0.1, 0.15) is 36.9 Å². The number of carbonyl (C=O) groups is 2. The molecule has 1 aromatic rings. The molecule has 1 fully saturated rings. The highest BCUT2D eigenvalue weighted by molar-refractivity contribution is 5.85. The van der Waals surface area contributed by atoms with Gasteiger partial charge >= 0.3 is 0 Å². The summed E-state index contributed by atoms with van der Waals surface area (Å²) in [5, 5.41) is 2.91. The maximum Gasteiger partial charge on any atom is 0.225 e. The van der Waals surface area contributed by atoms with E-state index in [1.165, 1.54) is 0 Å². The number of methoxy groups -OCH3 is 1. The summed E-state index contributed by atoms with van der Waals surface area (Å²) in [5.41, 5.74) is 2.17. The van der Waals surface area contributed by atoms with Crippen molar-refractivity contribution in [2.45, 2.75) is 32.7 Å². The average molecular weight is 318 g/mol. The van der Waals surface area contributed by atoms with Crippen LogP contribution in [0, 0.1) is 12.8 Å². The molecule has 1 N–H and O–H groups in total. The Balaban J connectivity index is 2.35. The Morgan fingerprint density at radius 2 is 2.04 bits per heavy atom. The van der Waals surface area contributed by atoms with Crippen LogP contribution in [-0.4, -0.2) is 43.5 Å². The monoisotopic (exact) mass is 318 g/mol. The minimum absolute atomic E-state index is 0.0213. The maximum atomic E-state index is 12.5. The van der Waals surface area contributed by atoms with Gasteiger partial charge in [0.2, 0.25) is 11.8 Å². The first-order valence-corrected chi connectivity index (χ1v) is 8.21. The molecule has 0 radical (unpaired) electrons. The summed E-state index contributed by atoms with van der Waals surface area (Å²) in [5.74, 6) is -0.103. The number of carbonyl (C=O) groups excluding carboxylic acids is 2. The summed E-state index contributed by atoms with van der Waals surface area (Å²) in [7, 11) is 1.62. The molecule has 126 valence electrons. The van der Waals surface area contributed by atoms with Crippen LogP contribution in [-0.2, 0) is 14.3 Å². The quantitative estimate of drug-likeness (QED) is 0.873. The van der Waals surface area contributed by atoms with Gasteiger partial charge in [0.1, 0.15) is 0 Å².